The molecule has 0 bridgehead atoms. The Morgan fingerprint density at radius 2 is 2.20 bits per heavy atom. The molecule has 1 rings (SSSR count). The minimum absolute atomic E-state index is 0.125. The average molecular weight is 207 g/mol. The molecular formula is C11H13NO3. The van der Waals surface area contributed by atoms with Crippen LogP contribution in [0.1, 0.15) is 18.1 Å². The first-order valence-electron chi connectivity index (χ1n) is 4.52. The van der Waals surface area contributed by atoms with E-state index in [9.17, 15) is 10.1 Å². The first-order chi connectivity index (χ1) is 7.04. The van der Waals surface area contributed by atoms with Gasteiger partial charge in [-0.1, -0.05) is 6.07 Å². The number of benzene rings is 1. The van der Waals surface area contributed by atoms with E-state index in [1.165, 1.54) is 13.0 Å². The van der Waals surface area contributed by atoms with Crippen molar-refractivity contribution in [1.82, 2.24) is 0 Å². The summed E-state index contributed by atoms with van der Waals surface area (Å²) in [5, 5.41) is 10.4. The maximum absolute atomic E-state index is 10.4. The standard InChI is InChI=1S/C11H13NO3/c1-8-6-10(4-5-11(8)15-3)7-9(2)12(13)14/h4-7H,1-3H3/b9-7-. The highest BCUT2D eigenvalue weighted by atomic mass is 16.6. The Bertz CT molecular complexity index is 410. The predicted octanol–water partition coefficient (Wildman–Crippen LogP) is 2.64. The smallest absolute Gasteiger partial charge is 0.243 e. The van der Waals surface area contributed by atoms with Gasteiger partial charge < -0.3 is 4.74 Å². The number of ether oxygens (including phenoxy) is 1. The van der Waals surface area contributed by atoms with E-state index in [0.717, 1.165) is 16.9 Å². The van der Waals surface area contributed by atoms with Crippen molar-refractivity contribution in [1.29, 1.82) is 0 Å². The quantitative estimate of drug-likeness (QED) is 0.565. The summed E-state index contributed by atoms with van der Waals surface area (Å²) in [5.74, 6) is 0.783. The number of methoxy groups -OCH3 is 1. The van der Waals surface area contributed by atoms with Crippen LogP contribution in [-0.2, 0) is 0 Å². The normalized spacial score (nSPS) is 11.3. The molecule has 0 aliphatic rings. The Labute approximate surface area is 88.3 Å². The summed E-state index contributed by atoms with van der Waals surface area (Å²) in [6, 6.07) is 5.44. The van der Waals surface area contributed by atoms with Gasteiger partial charge in [0.1, 0.15) is 5.75 Å². The van der Waals surface area contributed by atoms with Crippen LogP contribution in [0.2, 0.25) is 0 Å². The zero-order valence-corrected chi connectivity index (χ0v) is 8.98. The zero-order chi connectivity index (χ0) is 11.4. The van der Waals surface area contributed by atoms with Gasteiger partial charge in [-0.25, -0.2) is 0 Å². The second kappa shape index (κ2) is 4.59. The molecule has 0 heterocycles. The van der Waals surface area contributed by atoms with Crippen molar-refractivity contribution in [2.45, 2.75) is 13.8 Å². The highest BCUT2D eigenvalue weighted by molar-refractivity contribution is 5.54. The Morgan fingerprint density at radius 3 is 2.67 bits per heavy atom. The molecule has 15 heavy (non-hydrogen) atoms. The van der Waals surface area contributed by atoms with E-state index in [0.29, 0.717) is 0 Å². The molecule has 0 aliphatic heterocycles. The van der Waals surface area contributed by atoms with Crippen LogP contribution in [0.15, 0.2) is 23.9 Å². The largest absolute Gasteiger partial charge is 0.496 e. The summed E-state index contributed by atoms with van der Waals surface area (Å²) < 4.78 is 5.10. The first kappa shape index (κ1) is 11.2. The Morgan fingerprint density at radius 1 is 1.53 bits per heavy atom. The fourth-order valence-corrected chi connectivity index (χ4v) is 1.29. The Kier molecular flexibility index (Phi) is 3.44. The van der Waals surface area contributed by atoms with E-state index in [4.69, 9.17) is 4.74 Å². The number of rotatable bonds is 3. The minimum atomic E-state index is -0.403. The molecule has 0 spiro atoms. The van der Waals surface area contributed by atoms with Crippen LogP contribution in [0.5, 0.6) is 5.75 Å². The molecule has 0 aliphatic carbocycles. The molecule has 1 aromatic carbocycles. The lowest BCUT2D eigenvalue weighted by Crippen LogP contribution is -1.93. The predicted molar refractivity (Wildman–Crippen MR) is 58.4 cm³/mol. The van der Waals surface area contributed by atoms with Crippen LogP contribution in [-0.4, -0.2) is 12.0 Å². The van der Waals surface area contributed by atoms with E-state index in [1.54, 1.807) is 19.2 Å². The molecule has 0 radical (unpaired) electrons. The van der Waals surface area contributed by atoms with Gasteiger partial charge in [0.25, 0.3) is 0 Å². The van der Waals surface area contributed by atoms with Gasteiger partial charge in [0.05, 0.1) is 12.0 Å². The van der Waals surface area contributed by atoms with Crippen molar-refractivity contribution >= 4 is 6.08 Å². The topological polar surface area (TPSA) is 52.4 Å². The second-order valence-electron chi connectivity index (χ2n) is 3.27. The van der Waals surface area contributed by atoms with Crippen molar-refractivity contribution in [3.8, 4) is 5.75 Å². The van der Waals surface area contributed by atoms with Crippen LogP contribution in [0.4, 0.5) is 0 Å². The summed E-state index contributed by atoms with van der Waals surface area (Å²) in [4.78, 5) is 10.0. The van der Waals surface area contributed by atoms with Crippen LogP contribution in [0.3, 0.4) is 0 Å². The van der Waals surface area contributed by atoms with Crippen molar-refractivity contribution in [2.75, 3.05) is 7.11 Å². The van der Waals surface area contributed by atoms with Crippen LogP contribution >= 0.6 is 0 Å². The van der Waals surface area contributed by atoms with E-state index >= 15 is 0 Å². The zero-order valence-electron chi connectivity index (χ0n) is 8.98. The fraction of sp³-hybridized carbons (Fsp3) is 0.273. The van der Waals surface area contributed by atoms with E-state index in [-0.39, 0.29) is 5.70 Å². The van der Waals surface area contributed by atoms with Gasteiger partial charge in [0, 0.05) is 13.0 Å². The van der Waals surface area contributed by atoms with Gasteiger partial charge in [-0.05, 0) is 30.2 Å². The highest BCUT2D eigenvalue weighted by Gasteiger charge is 2.03. The molecule has 0 amide bonds. The Hall–Kier alpha value is -1.84. The van der Waals surface area contributed by atoms with E-state index in [2.05, 4.69) is 0 Å². The molecule has 0 saturated carbocycles. The number of nitrogens with zero attached hydrogens (tertiary/aromatic N) is 1. The average Bonchev–Trinajstić information content (AvgIpc) is 2.18. The van der Waals surface area contributed by atoms with E-state index < -0.39 is 4.92 Å². The number of nitro groups is 1. The van der Waals surface area contributed by atoms with Crippen LogP contribution < -0.4 is 4.74 Å². The lowest BCUT2D eigenvalue weighted by atomic mass is 10.1. The van der Waals surface area contributed by atoms with Gasteiger partial charge >= 0.3 is 0 Å². The first-order valence-corrected chi connectivity index (χ1v) is 4.52. The maximum Gasteiger partial charge on any atom is 0.243 e. The summed E-state index contributed by atoms with van der Waals surface area (Å²) in [5.41, 5.74) is 1.89. The lowest BCUT2D eigenvalue weighted by Gasteiger charge is -2.04. The number of allylic oxidation sites excluding steroid dienone is 1. The van der Waals surface area contributed by atoms with Gasteiger partial charge in [-0.2, -0.15) is 0 Å². The van der Waals surface area contributed by atoms with Crippen molar-refractivity contribution in [3.05, 3.63) is 45.1 Å². The Balaban J connectivity index is 3.03. The number of hydrogen-bond donors (Lipinski definition) is 0. The summed E-state index contributed by atoms with van der Waals surface area (Å²) in [6.45, 7) is 3.37. The number of hydrogen-bond acceptors (Lipinski definition) is 3. The lowest BCUT2D eigenvalue weighted by molar-refractivity contribution is -0.422. The number of aryl methyl sites for hydroxylation is 1. The second-order valence-corrected chi connectivity index (χ2v) is 3.27. The summed E-state index contributed by atoms with van der Waals surface area (Å²) in [7, 11) is 1.60. The molecule has 1 aromatic rings. The van der Waals surface area contributed by atoms with Crippen molar-refractivity contribution < 1.29 is 9.66 Å². The molecule has 4 heteroatoms. The van der Waals surface area contributed by atoms with Gasteiger partial charge in [-0.3, -0.25) is 10.1 Å². The molecule has 0 fully saturated rings. The molecule has 80 valence electrons. The third kappa shape index (κ3) is 2.80. The minimum Gasteiger partial charge on any atom is -0.496 e. The van der Waals surface area contributed by atoms with Crippen LogP contribution in [0, 0.1) is 17.0 Å². The summed E-state index contributed by atoms with van der Waals surface area (Å²) in [6.07, 6.45) is 1.53. The third-order valence-corrected chi connectivity index (χ3v) is 2.08. The van der Waals surface area contributed by atoms with Gasteiger partial charge in [0.2, 0.25) is 5.70 Å². The molecule has 0 N–H and O–H groups in total. The molecule has 0 atom stereocenters. The summed E-state index contributed by atoms with van der Waals surface area (Å²) >= 11 is 0. The molecule has 0 aromatic heterocycles. The molecular weight excluding hydrogens is 194 g/mol. The van der Waals surface area contributed by atoms with E-state index in [1.807, 2.05) is 13.0 Å². The highest BCUT2D eigenvalue weighted by Crippen LogP contribution is 2.19. The monoisotopic (exact) mass is 207 g/mol. The van der Waals surface area contributed by atoms with Crippen molar-refractivity contribution in [2.24, 2.45) is 0 Å². The fourth-order valence-electron chi connectivity index (χ4n) is 1.29. The molecule has 4 nitrogen and oxygen atoms in total. The van der Waals surface area contributed by atoms with Gasteiger partial charge in [0.15, 0.2) is 0 Å². The SMILES string of the molecule is COc1ccc(/C=C(/C)[N+](=O)[O-])cc1C. The molecule has 0 saturated heterocycles. The maximum atomic E-state index is 10.4. The van der Waals surface area contributed by atoms with Crippen LogP contribution in [0.25, 0.3) is 6.08 Å². The third-order valence-electron chi connectivity index (χ3n) is 2.08. The van der Waals surface area contributed by atoms with Crippen molar-refractivity contribution in [3.63, 3.8) is 0 Å². The van der Waals surface area contributed by atoms with Gasteiger partial charge in [-0.15, -0.1) is 0 Å². The molecule has 0 unspecified atom stereocenters.